The van der Waals surface area contributed by atoms with Gasteiger partial charge in [0.1, 0.15) is 11.6 Å². The van der Waals surface area contributed by atoms with Gasteiger partial charge in [-0.2, -0.15) is 13.2 Å². The molecule has 0 saturated carbocycles. The smallest absolute Gasteiger partial charge is 0.383 e. The van der Waals surface area contributed by atoms with E-state index in [4.69, 9.17) is 4.74 Å². The molecule has 1 aromatic rings. The lowest BCUT2D eigenvalue weighted by atomic mass is 10.3. The number of nitrogens with zero attached hydrogens (tertiary/aromatic N) is 2. The van der Waals surface area contributed by atoms with Crippen LogP contribution in [0, 0.1) is 0 Å². The van der Waals surface area contributed by atoms with Gasteiger partial charge in [0.05, 0.1) is 6.61 Å². The fourth-order valence-electron chi connectivity index (χ4n) is 1.46. The molecule has 1 heterocycles. The van der Waals surface area contributed by atoms with Crippen LogP contribution in [0.4, 0.5) is 24.8 Å². The van der Waals surface area contributed by atoms with Crippen molar-refractivity contribution in [1.82, 2.24) is 9.97 Å². The van der Waals surface area contributed by atoms with E-state index in [-0.39, 0.29) is 17.7 Å². The quantitative estimate of drug-likeness (QED) is 0.836. The normalized spacial score (nSPS) is 13.2. The lowest BCUT2D eigenvalue weighted by molar-refractivity contribution is -0.144. The van der Waals surface area contributed by atoms with Gasteiger partial charge >= 0.3 is 6.18 Å². The Morgan fingerprint density at radius 1 is 1.32 bits per heavy atom. The van der Waals surface area contributed by atoms with Crippen molar-refractivity contribution in [2.24, 2.45) is 0 Å². The standard InChI is InChI=1S/C11H17F3N4O/c1-4-15-8-5-9(16-7(2)6-19-3)18-10(17-8)11(12,13)14/h5,7H,4,6H2,1-3H3,(H2,15,16,17,18). The number of anilines is 2. The van der Waals surface area contributed by atoms with Gasteiger partial charge in [0, 0.05) is 25.8 Å². The summed E-state index contributed by atoms with van der Waals surface area (Å²) in [6.07, 6.45) is -4.58. The van der Waals surface area contributed by atoms with E-state index in [1.165, 1.54) is 13.2 Å². The Labute approximate surface area is 109 Å². The maximum absolute atomic E-state index is 12.7. The largest absolute Gasteiger partial charge is 0.451 e. The highest BCUT2D eigenvalue weighted by Crippen LogP contribution is 2.28. The number of aromatic nitrogens is 2. The van der Waals surface area contributed by atoms with E-state index in [0.717, 1.165) is 0 Å². The van der Waals surface area contributed by atoms with Crippen LogP contribution in [0.15, 0.2) is 6.07 Å². The summed E-state index contributed by atoms with van der Waals surface area (Å²) in [7, 11) is 1.52. The van der Waals surface area contributed by atoms with E-state index in [1.54, 1.807) is 13.8 Å². The molecule has 1 aromatic heterocycles. The predicted molar refractivity (Wildman–Crippen MR) is 66.2 cm³/mol. The van der Waals surface area contributed by atoms with Crippen molar-refractivity contribution in [2.75, 3.05) is 30.9 Å². The maximum atomic E-state index is 12.7. The molecular weight excluding hydrogens is 261 g/mol. The number of nitrogens with one attached hydrogen (secondary N) is 2. The summed E-state index contributed by atoms with van der Waals surface area (Å²) in [6, 6.07) is 1.28. The number of hydrogen-bond acceptors (Lipinski definition) is 5. The number of hydrogen-bond donors (Lipinski definition) is 2. The highest BCUT2D eigenvalue weighted by atomic mass is 19.4. The molecule has 0 amide bonds. The summed E-state index contributed by atoms with van der Waals surface area (Å²) < 4.78 is 42.9. The molecule has 0 radical (unpaired) electrons. The number of halogens is 3. The molecule has 8 heteroatoms. The van der Waals surface area contributed by atoms with Gasteiger partial charge in [-0.15, -0.1) is 0 Å². The zero-order chi connectivity index (χ0) is 14.5. The Bertz CT molecular complexity index is 411. The van der Waals surface area contributed by atoms with Crippen LogP contribution in [0.3, 0.4) is 0 Å². The van der Waals surface area contributed by atoms with E-state index >= 15 is 0 Å². The molecule has 1 rings (SSSR count). The van der Waals surface area contributed by atoms with Gasteiger partial charge in [-0.3, -0.25) is 0 Å². The molecule has 0 aliphatic heterocycles. The highest BCUT2D eigenvalue weighted by Gasteiger charge is 2.35. The third kappa shape index (κ3) is 4.90. The molecule has 0 aliphatic rings. The fourth-order valence-corrected chi connectivity index (χ4v) is 1.46. The van der Waals surface area contributed by atoms with Crippen molar-refractivity contribution in [3.63, 3.8) is 0 Å². The van der Waals surface area contributed by atoms with Crippen LogP contribution < -0.4 is 10.6 Å². The lowest BCUT2D eigenvalue weighted by Gasteiger charge is -2.16. The summed E-state index contributed by atoms with van der Waals surface area (Å²) in [4.78, 5) is 6.90. The van der Waals surface area contributed by atoms with Crippen LogP contribution in [0.1, 0.15) is 19.7 Å². The summed E-state index contributed by atoms with van der Waals surface area (Å²) in [5.41, 5.74) is 0. The minimum atomic E-state index is -4.58. The van der Waals surface area contributed by atoms with Crippen molar-refractivity contribution in [3.8, 4) is 0 Å². The molecule has 0 bridgehead atoms. The Balaban J connectivity index is 2.99. The summed E-state index contributed by atoms with van der Waals surface area (Å²) in [5, 5.41) is 5.58. The van der Waals surface area contributed by atoms with Crippen LogP contribution in [0.5, 0.6) is 0 Å². The van der Waals surface area contributed by atoms with E-state index in [2.05, 4.69) is 20.6 Å². The van der Waals surface area contributed by atoms with E-state index in [1.807, 2.05) is 0 Å². The maximum Gasteiger partial charge on any atom is 0.451 e. The molecule has 108 valence electrons. The first kappa shape index (κ1) is 15.5. The van der Waals surface area contributed by atoms with Gasteiger partial charge in [0.2, 0.25) is 5.82 Å². The topological polar surface area (TPSA) is 59.1 Å². The molecule has 0 aromatic carbocycles. The number of rotatable bonds is 6. The number of methoxy groups -OCH3 is 1. The summed E-state index contributed by atoms with van der Waals surface area (Å²) in [6.45, 7) is 4.39. The number of alkyl halides is 3. The second kappa shape index (κ2) is 6.55. The first-order valence-corrected chi connectivity index (χ1v) is 5.82. The monoisotopic (exact) mass is 278 g/mol. The SMILES string of the molecule is CCNc1cc(NC(C)COC)nc(C(F)(F)F)n1. The predicted octanol–water partition coefficient (Wildman–Crippen LogP) is 2.37. The van der Waals surface area contributed by atoms with E-state index < -0.39 is 12.0 Å². The third-order valence-electron chi connectivity index (χ3n) is 2.15. The first-order valence-electron chi connectivity index (χ1n) is 5.82. The summed E-state index contributed by atoms with van der Waals surface area (Å²) >= 11 is 0. The third-order valence-corrected chi connectivity index (χ3v) is 2.15. The summed E-state index contributed by atoms with van der Waals surface area (Å²) in [5.74, 6) is -0.919. The van der Waals surface area contributed by atoms with Gasteiger partial charge in [-0.05, 0) is 13.8 Å². The first-order chi connectivity index (χ1) is 8.86. The Morgan fingerprint density at radius 2 is 1.95 bits per heavy atom. The minimum absolute atomic E-state index is 0.114. The van der Waals surface area contributed by atoms with Crippen LogP contribution >= 0.6 is 0 Å². The van der Waals surface area contributed by atoms with Crippen molar-refractivity contribution >= 4 is 11.6 Å². The molecule has 19 heavy (non-hydrogen) atoms. The van der Waals surface area contributed by atoms with Crippen molar-refractivity contribution in [2.45, 2.75) is 26.1 Å². The van der Waals surface area contributed by atoms with Crippen LogP contribution in [0.2, 0.25) is 0 Å². The average Bonchev–Trinajstić information content (AvgIpc) is 2.28. The molecule has 1 unspecified atom stereocenters. The Hall–Kier alpha value is -1.57. The Kier molecular flexibility index (Phi) is 5.34. The average molecular weight is 278 g/mol. The molecule has 0 fully saturated rings. The van der Waals surface area contributed by atoms with Gasteiger partial charge in [0.25, 0.3) is 0 Å². The van der Waals surface area contributed by atoms with Crippen molar-refractivity contribution < 1.29 is 17.9 Å². The molecule has 0 aliphatic carbocycles. The van der Waals surface area contributed by atoms with E-state index in [0.29, 0.717) is 13.2 Å². The van der Waals surface area contributed by atoms with Crippen LogP contribution in [-0.2, 0) is 10.9 Å². The second-order valence-corrected chi connectivity index (χ2v) is 3.99. The van der Waals surface area contributed by atoms with Gasteiger partial charge in [0.15, 0.2) is 0 Å². The van der Waals surface area contributed by atoms with Gasteiger partial charge < -0.3 is 15.4 Å². The number of ether oxygens (including phenoxy) is 1. The molecular formula is C11H17F3N4O. The molecule has 0 spiro atoms. The van der Waals surface area contributed by atoms with Crippen LogP contribution in [0.25, 0.3) is 0 Å². The van der Waals surface area contributed by atoms with Crippen molar-refractivity contribution in [3.05, 3.63) is 11.9 Å². The Morgan fingerprint density at radius 3 is 2.47 bits per heavy atom. The second-order valence-electron chi connectivity index (χ2n) is 3.99. The molecule has 2 N–H and O–H groups in total. The minimum Gasteiger partial charge on any atom is -0.383 e. The van der Waals surface area contributed by atoms with Gasteiger partial charge in [-0.1, -0.05) is 0 Å². The zero-order valence-corrected chi connectivity index (χ0v) is 11.0. The highest BCUT2D eigenvalue weighted by molar-refractivity contribution is 5.48. The molecule has 0 saturated heterocycles. The lowest BCUT2D eigenvalue weighted by Crippen LogP contribution is -2.23. The van der Waals surface area contributed by atoms with Crippen LogP contribution in [-0.4, -0.2) is 36.3 Å². The zero-order valence-electron chi connectivity index (χ0n) is 11.0. The fraction of sp³-hybridized carbons (Fsp3) is 0.636. The van der Waals surface area contributed by atoms with Gasteiger partial charge in [-0.25, -0.2) is 9.97 Å². The van der Waals surface area contributed by atoms with E-state index in [9.17, 15) is 13.2 Å². The molecule has 5 nitrogen and oxygen atoms in total. The molecule has 1 atom stereocenters. The van der Waals surface area contributed by atoms with Crippen molar-refractivity contribution in [1.29, 1.82) is 0 Å².